The van der Waals surface area contributed by atoms with Crippen molar-refractivity contribution in [1.82, 2.24) is 0 Å². The van der Waals surface area contributed by atoms with Crippen LogP contribution in [0, 0.1) is 0 Å². The predicted molar refractivity (Wildman–Crippen MR) is 338 cm³/mol. The van der Waals surface area contributed by atoms with Crippen molar-refractivity contribution in [3.63, 3.8) is 0 Å². The molecule has 0 fully saturated rings. The van der Waals surface area contributed by atoms with Gasteiger partial charge in [0.05, 0.1) is 22.5 Å². The van der Waals surface area contributed by atoms with Crippen LogP contribution in [0.25, 0.3) is 98.1 Å². The molecule has 2 heterocycles. The molecule has 0 amide bonds. The lowest BCUT2D eigenvalue weighted by molar-refractivity contribution is 0.669. The van der Waals surface area contributed by atoms with E-state index in [2.05, 4.69) is 301 Å². The number of fused-ring (bicyclic) bond motifs is 16. The third-order valence-electron chi connectivity index (χ3n) is 17.2. The summed E-state index contributed by atoms with van der Waals surface area (Å²) in [7, 11) is 0. The highest BCUT2D eigenvalue weighted by Gasteiger charge is 2.48. The highest BCUT2D eigenvalue weighted by Crippen LogP contribution is 2.61. The summed E-state index contributed by atoms with van der Waals surface area (Å²) in [6.07, 6.45) is 0. The topological polar surface area (TPSA) is 32.8 Å². The summed E-state index contributed by atoms with van der Waals surface area (Å²) in [6.45, 7) is 0. The monoisotopic (exact) mass is 1030 g/mol. The Kier molecular flexibility index (Phi) is 9.89. The average molecular weight is 1030 g/mol. The van der Waals surface area contributed by atoms with Crippen molar-refractivity contribution in [3.8, 4) is 11.1 Å². The molecule has 4 heteroatoms. The summed E-state index contributed by atoms with van der Waals surface area (Å²) >= 11 is 0. The first-order valence-corrected chi connectivity index (χ1v) is 27.8. The van der Waals surface area contributed by atoms with Gasteiger partial charge >= 0.3 is 0 Å². The van der Waals surface area contributed by atoms with Gasteiger partial charge in [-0.25, -0.2) is 0 Å². The van der Waals surface area contributed by atoms with E-state index in [1.807, 2.05) is 0 Å². The van der Waals surface area contributed by atoms with Crippen LogP contribution in [0.1, 0.15) is 22.3 Å². The molecule has 17 rings (SSSR count). The van der Waals surface area contributed by atoms with E-state index >= 15 is 0 Å². The maximum Gasteiger partial charge on any atom is 0.159 e. The average Bonchev–Trinajstić information content (AvgIpc) is 2.33. The van der Waals surface area contributed by atoms with Gasteiger partial charge in [-0.3, -0.25) is 0 Å². The Morgan fingerprint density at radius 1 is 0.272 bits per heavy atom. The van der Waals surface area contributed by atoms with E-state index in [9.17, 15) is 0 Å². The van der Waals surface area contributed by atoms with Crippen molar-refractivity contribution < 1.29 is 8.83 Å². The summed E-state index contributed by atoms with van der Waals surface area (Å²) in [5, 5.41) is 13.8. The molecule has 0 spiro atoms. The van der Waals surface area contributed by atoms with E-state index in [-0.39, 0.29) is 0 Å². The first-order chi connectivity index (χ1) is 40.2. The van der Waals surface area contributed by atoms with Crippen LogP contribution in [0.2, 0.25) is 0 Å². The highest BCUT2D eigenvalue weighted by atomic mass is 16.3. The third-order valence-corrected chi connectivity index (χ3v) is 17.2. The molecule has 0 atom stereocenters. The molecule has 0 radical (unpaired) electrons. The largest absolute Gasteiger partial charge is 0.454 e. The molecule has 1 aliphatic carbocycles. The van der Waals surface area contributed by atoms with Crippen molar-refractivity contribution in [3.05, 3.63) is 313 Å². The minimum Gasteiger partial charge on any atom is -0.454 e. The fourth-order valence-corrected chi connectivity index (χ4v) is 13.8. The zero-order valence-electron chi connectivity index (χ0n) is 43.9. The summed E-state index contributed by atoms with van der Waals surface area (Å²) in [5.74, 6) is 0. The highest BCUT2D eigenvalue weighted by molar-refractivity contribution is 6.23. The molecule has 0 saturated heterocycles. The van der Waals surface area contributed by atoms with Gasteiger partial charge in [-0.1, -0.05) is 212 Å². The van der Waals surface area contributed by atoms with Crippen LogP contribution < -0.4 is 9.80 Å². The van der Waals surface area contributed by atoms with Gasteiger partial charge in [0.25, 0.3) is 0 Å². The molecular weight excluding hydrogens is 985 g/mol. The Balaban J connectivity index is 0.933. The maximum atomic E-state index is 7.08. The minimum atomic E-state index is -0.745. The number of anilines is 6. The maximum absolute atomic E-state index is 7.08. The van der Waals surface area contributed by atoms with Crippen molar-refractivity contribution >= 4 is 121 Å². The van der Waals surface area contributed by atoms with Gasteiger partial charge < -0.3 is 18.6 Å². The molecule has 16 aromatic rings. The molecule has 81 heavy (non-hydrogen) atoms. The van der Waals surface area contributed by atoms with Gasteiger partial charge in [0, 0.05) is 44.0 Å². The van der Waals surface area contributed by atoms with Crippen molar-refractivity contribution in [2.75, 3.05) is 9.80 Å². The van der Waals surface area contributed by atoms with Crippen LogP contribution in [-0.2, 0) is 5.41 Å². The van der Waals surface area contributed by atoms with E-state index < -0.39 is 5.41 Å². The normalized spacial score (nSPS) is 12.8. The molecule has 4 nitrogen and oxygen atoms in total. The summed E-state index contributed by atoms with van der Waals surface area (Å²) < 4.78 is 14.0. The molecule has 14 aromatic carbocycles. The molecule has 378 valence electrons. The second-order valence-corrected chi connectivity index (χ2v) is 21.4. The lowest BCUT2D eigenvalue weighted by atomic mass is 9.67. The van der Waals surface area contributed by atoms with Crippen LogP contribution in [0.4, 0.5) is 34.1 Å². The number of furan rings is 2. The van der Waals surface area contributed by atoms with Gasteiger partial charge in [0.15, 0.2) is 11.2 Å². The fraction of sp³-hybridized carbons (Fsp3) is 0.0130. The van der Waals surface area contributed by atoms with Gasteiger partial charge in [-0.05, 0) is 150 Å². The summed E-state index contributed by atoms with van der Waals surface area (Å²) in [4.78, 5) is 4.80. The Bertz CT molecular complexity index is 5140. The number of nitrogens with zero attached hydrogens (tertiary/aromatic N) is 2. The Morgan fingerprint density at radius 2 is 0.741 bits per heavy atom. The van der Waals surface area contributed by atoms with Crippen molar-refractivity contribution in [2.45, 2.75) is 5.41 Å². The van der Waals surface area contributed by atoms with Gasteiger partial charge in [-0.15, -0.1) is 0 Å². The van der Waals surface area contributed by atoms with E-state index in [1.54, 1.807) is 0 Å². The summed E-state index contributed by atoms with van der Waals surface area (Å²) in [6, 6.07) is 106. The zero-order valence-corrected chi connectivity index (χ0v) is 43.9. The van der Waals surface area contributed by atoms with Crippen LogP contribution in [0.3, 0.4) is 0 Å². The van der Waals surface area contributed by atoms with E-state index in [0.29, 0.717) is 0 Å². The van der Waals surface area contributed by atoms with Gasteiger partial charge in [0.1, 0.15) is 11.2 Å². The SMILES string of the molecule is c1ccc(N(c2ccc3cc4c(cc3c2)C(c2ccccc2)(c2ccccc2)c2cc(N(c3ccccc3)c3cccc5c3oc3ccc6ccccc6c35)c3ccccc3c2-4)c2cccc3c2oc2ccc4ccccc4c23)cc1. The Labute approximate surface area is 467 Å². The zero-order chi connectivity index (χ0) is 53.2. The Hall–Kier alpha value is -10.7. The van der Waals surface area contributed by atoms with Crippen LogP contribution >= 0.6 is 0 Å². The third kappa shape index (κ3) is 6.65. The summed E-state index contributed by atoms with van der Waals surface area (Å²) in [5.41, 5.74) is 16.1. The van der Waals surface area contributed by atoms with E-state index in [1.165, 1.54) is 60.3 Å². The number of benzene rings is 14. The first kappa shape index (κ1) is 45.3. The molecule has 1 aliphatic rings. The van der Waals surface area contributed by atoms with E-state index in [4.69, 9.17) is 8.83 Å². The van der Waals surface area contributed by atoms with Crippen LogP contribution in [-0.4, -0.2) is 0 Å². The van der Waals surface area contributed by atoms with Crippen molar-refractivity contribution in [2.24, 2.45) is 0 Å². The number of hydrogen-bond donors (Lipinski definition) is 0. The number of para-hydroxylation sites is 4. The molecule has 0 saturated carbocycles. The lowest BCUT2D eigenvalue weighted by Gasteiger charge is -2.35. The molecular formula is C77H48N2O2. The van der Waals surface area contributed by atoms with Gasteiger partial charge in [0.2, 0.25) is 0 Å². The number of hydrogen-bond acceptors (Lipinski definition) is 4. The molecule has 0 aliphatic heterocycles. The molecule has 0 unspecified atom stereocenters. The lowest BCUT2D eigenvalue weighted by Crippen LogP contribution is -2.29. The first-order valence-electron chi connectivity index (χ1n) is 27.8. The van der Waals surface area contributed by atoms with Crippen LogP contribution in [0.15, 0.2) is 300 Å². The van der Waals surface area contributed by atoms with Gasteiger partial charge in [-0.2, -0.15) is 0 Å². The van der Waals surface area contributed by atoms with E-state index in [0.717, 1.165) is 94.2 Å². The smallest absolute Gasteiger partial charge is 0.159 e. The second kappa shape index (κ2) is 17.7. The minimum absolute atomic E-state index is 0.745. The van der Waals surface area contributed by atoms with Crippen molar-refractivity contribution in [1.29, 1.82) is 0 Å². The number of rotatable bonds is 8. The molecule has 2 aromatic heterocycles. The van der Waals surface area contributed by atoms with Crippen LogP contribution in [0.5, 0.6) is 0 Å². The Morgan fingerprint density at radius 3 is 1.32 bits per heavy atom. The molecule has 0 N–H and O–H groups in total. The standard InChI is InChI=1S/C77H48N2O2/c1-5-23-53(24-6-1)77(54-25-7-2-8-26-54)65-47-52-45-57(78(55-27-9-3-10-28-55)67-37-19-35-62-73-58-31-15-13-21-49(58)40-43-70(73)80-75(62)67)42-39-51(52)46-64(65)72-61-34-18-17-33-60(61)69(48-66(72)77)79(56-29-11-4-12-30-56)68-38-20-36-63-74-59-32-16-14-22-50(59)41-44-71(74)81-76(63)68/h1-48H. The molecule has 0 bridgehead atoms. The predicted octanol–water partition coefficient (Wildman–Crippen LogP) is 21.4. The fourth-order valence-electron chi connectivity index (χ4n) is 13.8. The quantitative estimate of drug-likeness (QED) is 0.152. The second-order valence-electron chi connectivity index (χ2n) is 21.4.